The lowest BCUT2D eigenvalue weighted by atomic mass is 10.0. The number of hydrogen-bond donors (Lipinski definition) is 3. The van der Waals surface area contributed by atoms with E-state index in [-0.39, 0.29) is 49.1 Å². The minimum atomic E-state index is -1.27. The molecule has 0 spiro atoms. The molecule has 4 aliphatic rings. The summed E-state index contributed by atoms with van der Waals surface area (Å²) in [7, 11) is 0. The van der Waals surface area contributed by atoms with E-state index in [2.05, 4.69) is 5.32 Å². The molecule has 0 unspecified atom stereocenters. The Morgan fingerprint density at radius 3 is 2.55 bits per heavy atom. The maximum atomic E-state index is 13.7. The summed E-state index contributed by atoms with van der Waals surface area (Å²) in [5, 5.41) is 24.1. The Morgan fingerprint density at radius 2 is 1.82 bits per heavy atom. The molecule has 6 bridgehead atoms. The lowest BCUT2D eigenvalue weighted by molar-refractivity contribution is -0.146. The fraction of sp³-hybridized carbons (Fsp3) is 0.654. The summed E-state index contributed by atoms with van der Waals surface area (Å²) >= 11 is 0. The molecule has 7 atom stereocenters. The lowest BCUT2D eigenvalue weighted by Gasteiger charge is -2.38. The zero-order valence-electron chi connectivity index (χ0n) is 21.4. The number of nitrogens with one attached hydrogen (secondary N) is 1. The molecule has 12 heteroatoms. The molecule has 0 saturated carbocycles. The second kappa shape index (κ2) is 11.2. The van der Waals surface area contributed by atoms with Gasteiger partial charge >= 0.3 is 0 Å². The van der Waals surface area contributed by atoms with Crippen molar-refractivity contribution >= 4 is 17.7 Å². The largest absolute Gasteiger partial charge is 0.388 e. The van der Waals surface area contributed by atoms with Crippen LogP contribution in [0.5, 0.6) is 0 Å². The number of likely N-dealkylation sites (tertiary alicyclic amines) is 1. The normalized spacial score (nSPS) is 34.9. The minimum Gasteiger partial charge on any atom is -0.388 e. The van der Waals surface area contributed by atoms with Crippen molar-refractivity contribution in [2.75, 3.05) is 39.3 Å². The third-order valence-corrected chi connectivity index (χ3v) is 7.92. The molecule has 3 amide bonds. The number of carbonyl (C=O) groups is 3. The number of morpholine rings is 1. The first-order valence-corrected chi connectivity index (χ1v) is 13.1. The van der Waals surface area contributed by atoms with Crippen LogP contribution in [0.3, 0.4) is 0 Å². The number of nitrogens with zero attached hydrogens (tertiary/aromatic N) is 3. The van der Waals surface area contributed by atoms with E-state index >= 15 is 0 Å². The smallest absolute Gasteiger partial charge is 0.240 e. The highest BCUT2D eigenvalue weighted by Gasteiger charge is 2.46. The predicted molar refractivity (Wildman–Crippen MR) is 131 cm³/mol. The van der Waals surface area contributed by atoms with Crippen LogP contribution in [0.1, 0.15) is 25.3 Å². The van der Waals surface area contributed by atoms with Gasteiger partial charge in [0.2, 0.25) is 17.7 Å². The van der Waals surface area contributed by atoms with Crippen molar-refractivity contribution in [1.82, 2.24) is 20.0 Å². The maximum Gasteiger partial charge on any atom is 0.240 e. The van der Waals surface area contributed by atoms with Crippen molar-refractivity contribution in [3.05, 3.63) is 35.6 Å². The Labute approximate surface area is 220 Å². The Morgan fingerprint density at radius 1 is 1.08 bits per heavy atom. The Kier molecular flexibility index (Phi) is 7.96. The van der Waals surface area contributed by atoms with Gasteiger partial charge < -0.3 is 34.8 Å². The number of carbonyl (C=O) groups excluding carboxylic acids is 3. The number of amides is 3. The third kappa shape index (κ3) is 5.84. The number of benzene rings is 1. The highest BCUT2D eigenvalue weighted by atomic mass is 19.1. The number of ether oxygens (including phenoxy) is 2. The van der Waals surface area contributed by atoms with E-state index in [9.17, 15) is 29.0 Å². The van der Waals surface area contributed by atoms with Crippen LogP contribution in [-0.4, -0.2) is 125 Å². The van der Waals surface area contributed by atoms with Gasteiger partial charge in [-0.2, -0.15) is 0 Å². The number of fused-ring (bicyclic) bond motifs is 6. The van der Waals surface area contributed by atoms with Gasteiger partial charge in [-0.3, -0.25) is 19.3 Å². The van der Waals surface area contributed by atoms with Crippen molar-refractivity contribution in [2.45, 2.75) is 68.9 Å². The second-order valence-corrected chi connectivity index (χ2v) is 10.7. The minimum absolute atomic E-state index is 0.0240. The predicted octanol–water partition coefficient (Wildman–Crippen LogP) is -1.15. The van der Waals surface area contributed by atoms with E-state index < -0.39 is 36.6 Å². The molecule has 1 aromatic rings. The third-order valence-electron chi connectivity index (χ3n) is 7.92. The summed E-state index contributed by atoms with van der Waals surface area (Å²) in [6.07, 6.45) is -4.50. The molecule has 208 valence electrons. The van der Waals surface area contributed by atoms with Crippen LogP contribution in [0.25, 0.3) is 0 Å². The average Bonchev–Trinajstić information content (AvgIpc) is 3.39. The SMILES string of the molecule is CC(=O)N1C[C@@H]2CN(CCO2)C(=O)[C@@H]2C[C@@H](CN2Cc2ccc(F)cc2)NC(=O)C[C@@H]2O[C@H](C1)[C@@H](O)[C@H]2O. The van der Waals surface area contributed by atoms with Crippen LogP contribution >= 0.6 is 0 Å². The molecule has 4 heterocycles. The van der Waals surface area contributed by atoms with Crippen molar-refractivity contribution in [3.8, 4) is 0 Å². The second-order valence-electron chi connectivity index (χ2n) is 10.7. The highest BCUT2D eigenvalue weighted by Crippen LogP contribution is 2.27. The monoisotopic (exact) mass is 534 g/mol. The van der Waals surface area contributed by atoms with Crippen molar-refractivity contribution in [3.63, 3.8) is 0 Å². The fourth-order valence-corrected chi connectivity index (χ4v) is 5.91. The van der Waals surface area contributed by atoms with E-state index in [1.165, 1.54) is 24.0 Å². The van der Waals surface area contributed by atoms with Gasteiger partial charge in [-0.15, -0.1) is 0 Å². The van der Waals surface area contributed by atoms with Gasteiger partial charge in [0, 0.05) is 52.2 Å². The average molecular weight is 535 g/mol. The molecule has 0 aliphatic carbocycles. The standard InChI is InChI=1S/C26H35FN4O7/c1-15(32)30-13-19-12-29(6-7-37-19)26(36)20-8-18(11-31(20)10-16-2-4-17(27)5-3-16)28-23(33)9-21-24(34)25(35)22(14-30)38-21/h2-5,18-22,24-25,34-35H,6-14H2,1H3,(H,28,33)/t18-,19-,20-,21-,22+,24-,25+/m0/s1. The number of rotatable bonds is 2. The summed E-state index contributed by atoms with van der Waals surface area (Å²) < 4.78 is 25.2. The molecule has 3 N–H and O–H groups in total. The topological polar surface area (TPSA) is 132 Å². The first-order valence-electron chi connectivity index (χ1n) is 13.1. The van der Waals surface area contributed by atoms with Gasteiger partial charge in [0.1, 0.15) is 24.1 Å². The summed E-state index contributed by atoms with van der Waals surface area (Å²) in [5.41, 5.74) is 0.849. The molecule has 0 radical (unpaired) electrons. The quantitative estimate of drug-likeness (QED) is 0.434. The van der Waals surface area contributed by atoms with Gasteiger partial charge in [0.25, 0.3) is 0 Å². The van der Waals surface area contributed by atoms with Crippen molar-refractivity contribution in [2.24, 2.45) is 0 Å². The van der Waals surface area contributed by atoms with Crippen LogP contribution in [0.15, 0.2) is 24.3 Å². The number of aliphatic hydroxyl groups excluding tert-OH is 2. The molecule has 4 fully saturated rings. The summed E-state index contributed by atoms with van der Waals surface area (Å²) in [6.45, 7) is 3.47. The Bertz CT molecular complexity index is 1040. The lowest BCUT2D eigenvalue weighted by Crippen LogP contribution is -2.55. The summed E-state index contributed by atoms with van der Waals surface area (Å²) in [5.74, 6) is -1.03. The molecule has 1 aromatic carbocycles. The van der Waals surface area contributed by atoms with Crippen molar-refractivity contribution in [1.29, 1.82) is 0 Å². The molecular formula is C26H35FN4O7. The Balaban J connectivity index is 1.40. The van der Waals surface area contributed by atoms with E-state index in [0.29, 0.717) is 39.2 Å². The van der Waals surface area contributed by atoms with Crippen molar-refractivity contribution < 1.29 is 38.5 Å². The molecule has 4 saturated heterocycles. The van der Waals surface area contributed by atoms with Gasteiger partial charge in [-0.1, -0.05) is 12.1 Å². The van der Waals surface area contributed by atoms with E-state index in [1.807, 2.05) is 4.90 Å². The molecule has 38 heavy (non-hydrogen) atoms. The van der Waals surface area contributed by atoms with Crippen LogP contribution in [0, 0.1) is 5.82 Å². The molecular weight excluding hydrogens is 499 g/mol. The number of aliphatic hydroxyl groups is 2. The van der Waals surface area contributed by atoms with Gasteiger partial charge in [0.05, 0.1) is 31.3 Å². The fourth-order valence-electron chi connectivity index (χ4n) is 5.91. The molecule has 4 aliphatic heterocycles. The van der Waals surface area contributed by atoms with Crippen LogP contribution < -0.4 is 5.32 Å². The van der Waals surface area contributed by atoms with E-state index in [4.69, 9.17) is 9.47 Å². The van der Waals surface area contributed by atoms with Crippen LogP contribution in [-0.2, 0) is 30.4 Å². The number of halogens is 1. The van der Waals surface area contributed by atoms with Gasteiger partial charge in [-0.25, -0.2) is 4.39 Å². The maximum absolute atomic E-state index is 13.7. The van der Waals surface area contributed by atoms with E-state index in [1.54, 1.807) is 17.0 Å². The van der Waals surface area contributed by atoms with Crippen LogP contribution in [0.4, 0.5) is 4.39 Å². The summed E-state index contributed by atoms with van der Waals surface area (Å²) in [6, 6.07) is 5.31. The molecule has 11 nitrogen and oxygen atoms in total. The van der Waals surface area contributed by atoms with E-state index in [0.717, 1.165) is 5.56 Å². The molecule has 5 rings (SSSR count). The zero-order chi connectivity index (χ0) is 27.0. The van der Waals surface area contributed by atoms with Gasteiger partial charge in [0.15, 0.2) is 0 Å². The first-order chi connectivity index (χ1) is 18.2. The summed E-state index contributed by atoms with van der Waals surface area (Å²) in [4.78, 5) is 44.3. The highest BCUT2D eigenvalue weighted by molar-refractivity contribution is 5.83. The number of hydrogen-bond acceptors (Lipinski definition) is 8. The van der Waals surface area contributed by atoms with Crippen LogP contribution in [0.2, 0.25) is 0 Å². The Hall–Kier alpha value is -2.64. The first kappa shape index (κ1) is 26.9. The van der Waals surface area contributed by atoms with Gasteiger partial charge in [-0.05, 0) is 24.1 Å². The molecule has 0 aromatic heterocycles. The zero-order valence-corrected chi connectivity index (χ0v) is 21.4.